The molecule has 0 spiro atoms. The third-order valence-corrected chi connectivity index (χ3v) is 12.5. The van der Waals surface area contributed by atoms with Crippen LogP contribution in [-0.4, -0.2) is 30.9 Å². The molecule has 0 radical (unpaired) electrons. The molecule has 3 aromatic carbocycles. The molecule has 4 aliphatic carbocycles. The molecule has 3 aromatic rings. The van der Waals surface area contributed by atoms with E-state index in [9.17, 15) is 0 Å². The third-order valence-electron chi connectivity index (χ3n) is 12.5. The molecule has 1 N–H and O–H groups in total. The number of nitrogens with one attached hydrogen (secondary N) is 1. The first-order chi connectivity index (χ1) is 26.7. The van der Waals surface area contributed by atoms with Gasteiger partial charge in [-0.05, 0) is 103 Å². The van der Waals surface area contributed by atoms with E-state index in [1.54, 1.807) is 0 Å². The topological polar surface area (TPSA) is 43.2 Å². The van der Waals surface area contributed by atoms with E-state index in [-0.39, 0.29) is 18.9 Å². The smallest absolute Gasteiger partial charge is 0.291 e. The summed E-state index contributed by atoms with van der Waals surface area (Å²) >= 11 is 0. The van der Waals surface area contributed by atoms with Crippen molar-refractivity contribution >= 4 is 52.7 Å². The normalized spacial score (nSPS) is 25.3. The number of dihydropyridines is 1. The Kier molecular flexibility index (Phi) is 7.39. The summed E-state index contributed by atoms with van der Waals surface area (Å²) in [6.45, 7) is 2.49. The molecule has 54 heavy (non-hydrogen) atoms. The number of rotatable bonds is 4. The van der Waals surface area contributed by atoms with Gasteiger partial charge in [-0.1, -0.05) is 97.9 Å². The molecule has 262 valence electrons. The molecule has 4 heterocycles. The predicted octanol–water partition coefficient (Wildman–Crippen LogP) is 10.6. The van der Waals surface area contributed by atoms with Crippen molar-refractivity contribution in [1.82, 2.24) is 0 Å². The van der Waals surface area contributed by atoms with Crippen molar-refractivity contribution in [2.75, 3.05) is 15.0 Å². The molecule has 11 rings (SSSR count). The van der Waals surface area contributed by atoms with Gasteiger partial charge < -0.3 is 15.0 Å². The van der Waals surface area contributed by atoms with Gasteiger partial charge in [0.1, 0.15) is 0 Å². The Labute approximate surface area is 318 Å². The molecule has 4 unspecified atom stereocenters. The van der Waals surface area contributed by atoms with Crippen LogP contribution < -0.4 is 20.5 Å². The highest BCUT2D eigenvalue weighted by Gasteiger charge is 2.40. The second-order valence-electron chi connectivity index (χ2n) is 15.5. The quantitative estimate of drug-likeness (QED) is 0.276. The highest BCUT2D eigenvalue weighted by atomic mass is 15.2. The Morgan fingerprint density at radius 2 is 1.78 bits per heavy atom. The first kappa shape index (κ1) is 31.6. The Morgan fingerprint density at radius 1 is 0.833 bits per heavy atom. The fourth-order valence-corrected chi connectivity index (χ4v) is 9.93. The van der Waals surface area contributed by atoms with E-state index in [0.717, 1.165) is 54.9 Å². The van der Waals surface area contributed by atoms with Crippen molar-refractivity contribution in [2.24, 2.45) is 15.9 Å². The van der Waals surface area contributed by atoms with E-state index >= 15 is 0 Å². The van der Waals surface area contributed by atoms with Crippen LogP contribution in [0, 0.1) is 5.92 Å². The molecular formula is C48H42BN5. The molecular weight excluding hydrogens is 657 g/mol. The average Bonchev–Trinajstić information content (AvgIpc) is 3.57. The number of anilines is 4. The van der Waals surface area contributed by atoms with Crippen LogP contribution in [0.4, 0.5) is 28.4 Å². The van der Waals surface area contributed by atoms with Crippen molar-refractivity contribution in [3.8, 4) is 11.1 Å². The van der Waals surface area contributed by atoms with E-state index in [1.165, 1.54) is 56.1 Å². The summed E-state index contributed by atoms with van der Waals surface area (Å²) in [5.41, 5.74) is 17.1. The van der Waals surface area contributed by atoms with Crippen LogP contribution in [0.25, 0.3) is 11.1 Å². The summed E-state index contributed by atoms with van der Waals surface area (Å²) in [6.07, 6.45) is 39.0. The molecule has 0 fully saturated rings. The van der Waals surface area contributed by atoms with Gasteiger partial charge in [0.25, 0.3) is 6.85 Å². The predicted molar refractivity (Wildman–Crippen MR) is 228 cm³/mol. The van der Waals surface area contributed by atoms with Crippen LogP contribution in [0.15, 0.2) is 172 Å². The van der Waals surface area contributed by atoms with Crippen LogP contribution in [0.3, 0.4) is 0 Å². The van der Waals surface area contributed by atoms with Gasteiger partial charge in [-0.25, -0.2) is 4.99 Å². The maximum Gasteiger partial charge on any atom is 0.291 e. The SMILES string of the molecule is CB1c2cc3c(cc2-c2cc(N4c5ccccc5C5C=CC=CC54)ccc2N1C1=CCCC=C1)NC(C1=C2N=CC=CC2CC=C1)C(C1=CC=CCC1)=N3. The Hall–Kier alpha value is -5.88. The lowest BCUT2D eigenvalue weighted by Crippen LogP contribution is -2.49. The number of aliphatic imine (C=N–C) groups is 2. The second-order valence-corrected chi connectivity index (χ2v) is 15.5. The van der Waals surface area contributed by atoms with E-state index in [4.69, 9.17) is 9.98 Å². The van der Waals surface area contributed by atoms with Gasteiger partial charge in [-0.3, -0.25) is 4.99 Å². The van der Waals surface area contributed by atoms with Crippen molar-refractivity contribution in [2.45, 2.75) is 56.9 Å². The van der Waals surface area contributed by atoms with Gasteiger partial charge >= 0.3 is 0 Å². The van der Waals surface area contributed by atoms with Crippen molar-refractivity contribution in [3.05, 3.63) is 168 Å². The average molecular weight is 700 g/mol. The molecule has 4 aliphatic heterocycles. The van der Waals surface area contributed by atoms with Gasteiger partial charge in [-0.2, -0.15) is 0 Å². The van der Waals surface area contributed by atoms with Crippen LogP contribution in [0.2, 0.25) is 6.82 Å². The lowest BCUT2D eigenvalue weighted by atomic mass is 9.51. The lowest BCUT2D eigenvalue weighted by Gasteiger charge is -2.40. The maximum absolute atomic E-state index is 5.59. The fourth-order valence-electron chi connectivity index (χ4n) is 9.93. The molecule has 0 saturated carbocycles. The zero-order valence-corrected chi connectivity index (χ0v) is 30.6. The van der Waals surface area contributed by atoms with Crippen LogP contribution >= 0.6 is 0 Å². The molecule has 5 nitrogen and oxygen atoms in total. The Balaban J connectivity index is 1.09. The van der Waals surface area contributed by atoms with Crippen LogP contribution in [0.1, 0.15) is 43.6 Å². The molecule has 0 saturated heterocycles. The summed E-state index contributed by atoms with van der Waals surface area (Å²) in [5, 5.41) is 4.07. The summed E-state index contributed by atoms with van der Waals surface area (Å²) in [6, 6.07) is 21.0. The van der Waals surface area contributed by atoms with Crippen molar-refractivity contribution in [1.29, 1.82) is 0 Å². The molecule has 0 bridgehead atoms. The van der Waals surface area contributed by atoms with Gasteiger partial charge in [-0.15, -0.1) is 0 Å². The molecule has 0 aromatic heterocycles. The highest BCUT2D eigenvalue weighted by Crippen LogP contribution is 2.50. The number of fused-ring (bicyclic) bond motifs is 8. The van der Waals surface area contributed by atoms with Gasteiger partial charge in [0.15, 0.2) is 0 Å². The number of hydrogen-bond donors (Lipinski definition) is 1. The van der Waals surface area contributed by atoms with Crippen molar-refractivity contribution < 1.29 is 0 Å². The van der Waals surface area contributed by atoms with E-state index < -0.39 is 0 Å². The lowest BCUT2D eigenvalue weighted by molar-refractivity contribution is 0.729. The first-order valence-corrected chi connectivity index (χ1v) is 19.8. The maximum atomic E-state index is 5.59. The Morgan fingerprint density at radius 3 is 2.69 bits per heavy atom. The molecule has 6 heteroatoms. The standard InChI is InChI=1S/C48H42BN5/c1-49-40-30-42-41(52-48(47(51-42)32-14-4-2-5-15-32)37-22-12-16-31-17-13-27-50-46(31)37)29-38(40)39-28-34(25-26-45(39)54(49)33-18-6-3-7-19-33)53-43-23-10-8-20-35(43)36-21-9-11-24-44(36)53/h2,4,6,8-14,17-31,35,43,48,52H,3,5,7,15-16H2,1H3. The number of allylic oxidation sites excluding steroid dienone is 11. The zero-order valence-electron chi connectivity index (χ0n) is 30.6. The second kappa shape index (κ2) is 12.6. The van der Waals surface area contributed by atoms with E-state index in [1.807, 2.05) is 6.21 Å². The largest absolute Gasteiger partial charge is 0.381 e. The minimum Gasteiger partial charge on any atom is -0.381 e. The van der Waals surface area contributed by atoms with E-state index in [2.05, 4.69) is 162 Å². The van der Waals surface area contributed by atoms with Crippen LogP contribution in [-0.2, 0) is 0 Å². The summed E-state index contributed by atoms with van der Waals surface area (Å²) in [7, 11) is 0. The van der Waals surface area contributed by atoms with E-state index in [0.29, 0.717) is 11.8 Å². The highest BCUT2D eigenvalue weighted by molar-refractivity contribution is 6.78. The van der Waals surface area contributed by atoms with Gasteiger partial charge in [0.2, 0.25) is 0 Å². The number of hydrogen-bond acceptors (Lipinski definition) is 5. The fraction of sp³-hybridized carbons (Fsp3) is 0.208. The van der Waals surface area contributed by atoms with Gasteiger partial charge in [0.05, 0.1) is 34.9 Å². The molecule has 0 amide bonds. The molecule has 4 atom stereocenters. The van der Waals surface area contributed by atoms with Crippen LogP contribution in [0.5, 0.6) is 0 Å². The minimum atomic E-state index is -0.0870. The summed E-state index contributed by atoms with van der Waals surface area (Å²) in [4.78, 5) is 15.7. The summed E-state index contributed by atoms with van der Waals surface area (Å²) < 4.78 is 0. The molecule has 8 aliphatic rings. The first-order valence-electron chi connectivity index (χ1n) is 19.8. The number of benzene rings is 3. The number of para-hydroxylation sites is 1. The number of nitrogens with zero attached hydrogens (tertiary/aromatic N) is 4. The van der Waals surface area contributed by atoms with Crippen molar-refractivity contribution in [3.63, 3.8) is 0 Å². The summed E-state index contributed by atoms with van der Waals surface area (Å²) in [5.74, 6) is 0.639. The zero-order chi connectivity index (χ0) is 35.8. The third kappa shape index (κ3) is 4.92. The monoisotopic (exact) mass is 699 g/mol. The Bertz CT molecular complexity index is 2460. The minimum absolute atomic E-state index is 0.0870. The van der Waals surface area contributed by atoms with Gasteiger partial charge in [0, 0.05) is 51.9 Å².